The van der Waals surface area contributed by atoms with Crippen LogP contribution in [0.1, 0.15) is 51.4 Å². The summed E-state index contributed by atoms with van der Waals surface area (Å²) >= 11 is 0. The van der Waals surface area contributed by atoms with Crippen LogP contribution < -0.4 is 0 Å². The Morgan fingerprint density at radius 3 is 2.11 bits per heavy atom. The molecule has 0 aromatic carbocycles. The summed E-state index contributed by atoms with van der Waals surface area (Å²) in [4.78, 5) is 36.7. The van der Waals surface area contributed by atoms with Crippen molar-refractivity contribution in [2.75, 3.05) is 6.54 Å². The van der Waals surface area contributed by atoms with Crippen molar-refractivity contribution in [1.29, 1.82) is 0 Å². The third kappa shape index (κ3) is 3.14. The van der Waals surface area contributed by atoms with E-state index >= 15 is 0 Å². The highest BCUT2D eigenvalue weighted by atomic mass is 16.4. The van der Waals surface area contributed by atoms with E-state index in [-0.39, 0.29) is 11.7 Å². The van der Waals surface area contributed by atoms with Crippen LogP contribution >= 0.6 is 0 Å². The Hall–Kier alpha value is -1.39. The third-order valence-corrected chi connectivity index (χ3v) is 4.24. The lowest BCUT2D eigenvalue weighted by atomic mass is 9.94. The predicted octanol–water partition coefficient (Wildman–Crippen LogP) is 1.60. The average molecular weight is 267 g/mol. The average Bonchev–Trinajstić information content (AvgIpc) is 2.73. The van der Waals surface area contributed by atoms with Crippen LogP contribution in [-0.2, 0) is 14.4 Å². The number of carbonyl (C=O) groups excluding carboxylic acids is 2. The molecular formula is C14H21NO4. The molecule has 0 aromatic rings. The predicted molar refractivity (Wildman–Crippen MR) is 68.6 cm³/mol. The van der Waals surface area contributed by atoms with Gasteiger partial charge in [-0.1, -0.05) is 25.7 Å². The third-order valence-electron chi connectivity index (χ3n) is 4.24. The van der Waals surface area contributed by atoms with Crippen LogP contribution in [0.25, 0.3) is 0 Å². The van der Waals surface area contributed by atoms with E-state index in [1.54, 1.807) is 0 Å². The Labute approximate surface area is 113 Å². The monoisotopic (exact) mass is 267 g/mol. The Morgan fingerprint density at radius 1 is 0.895 bits per heavy atom. The minimum absolute atomic E-state index is 0.190. The summed E-state index contributed by atoms with van der Waals surface area (Å²) in [6.45, 7) is 0.397. The number of amides is 1. The number of carboxylic acids is 1. The summed E-state index contributed by atoms with van der Waals surface area (Å²) in [5.74, 6) is -2.13. The number of likely N-dealkylation sites (tertiary alicyclic amines) is 1. The van der Waals surface area contributed by atoms with Crippen LogP contribution in [0.3, 0.4) is 0 Å². The maximum absolute atomic E-state index is 12.2. The van der Waals surface area contributed by atoms with Gasteiger partial charge < -0.3 is 10.0 Å². The smallest absolute Gasteiger partial charge is 0.326 e. The zero-order valence-electron chi connectivity index (χ0n) is 11.1. The molecule has 2 rings (SSSR count). The second-order valence-electron chi connectivity index (χ2n) is 5.55. The molecule has 2 aliphatic rings. The van der Waals surface area contributed by atoms with E-state index in [1.807, 2.05) is 0 Å². The summed E-state index contributed by atoms with van der Waals surface area (Å²) in [5.41, 5.74) is 0. The van der Waals surface area contributed by atoms with E-state index in [0.717, 1.165) is 38.5 Å². The van der Waals surface area contributed by atoms with Crippen molar-refractivity contribution in [3.8, 4) is 0 Å². The fourth-order valence-corrected chi connectivity index (χ4v) is 3.12. The van der Waals surface area contributed by atoms with Crippen molar-refractivity contribution >= 4 is 17.7 Å². The first-order valence-corrected chi connectivity index (χ1v) is 7.19. The number of carboxylic acid groups (broad SMARTS) is 1. The fourth-order valence-electron chi connectivity index (χ4n) is 3.12. The van der Waals surface area contributed by atoms with Crippen molar-refractivity contribution in [3.05, 3.63) is 0 Å². The zero-order valence-corrected chi connectivity index (χ0v) is 11.1. The van der Waals surface area contributed by atoms with Gasteiger partial charge in [0, 0.05) is 12.5 Å². The molecule has 1 saturated carbocycles. The molecule has 0 bridgehead atoms. The Balaban J connectivity index is 2.01. The highest BCUT2D eigenvalue weighted by Crippen LogP contribution is 2.26. The van der Waals surface area contributed by atoms with Gasteiger partial charge >= 0.3 is 5.97 Å². The molecule has 106 valence electrons. The number of rotatable bonds is 3. The molecule has 0 aromatic heterocycles. The molecule has 1 atom stereocenters. The second kappa shape index (κ2) is 6.17. The van der Waals surface area contributed by atoms with Crippen LogP contribution in [0.5, 0.6) is 0 Å². The molecule has 5 heteroatoms. The van der Waals surface area contributed by atoms with E-state index in [4.69, 9.17) is 5.11 Å². The first kappa shape index (κ1) is 14.0. The molecule has 0 radical (unpaired) electrons. The van der Waals surface area contributed by atoms with Crippen LogP contribution in [0.4, 0.5) is 0 Å². The van der Waals surface area contributed by atoms with Crippen molar-refractivity contribution in [2.45, 2.75) is 57.4 Å². The van der Waals surface area contributed by atoms with Gasteiger partial charge in [-0.15, -0.1) is 0 Å². The van der Waals surface area contributed by atoms with E-state index in [1.165, 1.54) is 4.90 Å². The van der Waals surface area contributed by atoms with Gasteiger partial charge in [-0.25, -0.2) is 4.79 Å². The van der Waals surface area contributed by atoms with Crippen LogP contribution in [0, 0.1) is 5.92 Å². The first-order valence-electron chi connectivity index (χ1n) is 7.19. The molecule has 0 unspecified atom stereocenters. The van der Waals surface area contributed by atoms with Crippen LogP contribution in [0.15, 0.2) is 0 Å². The fraction of sp³-hybridized carbons (Fsp3) is 0.786. The Bertz CT molecular complexity index is 372. The van der Waals surface area contributed by atoms with Crippen LogP contribution in [0.2, 0.25) is 0 Å². The van der Waals surface area contributed by atoms with Gasteiger partial charge in [-0.2, -0.15) is 0 Å². The summed E-state index contributed by atoms with van der Waals surface area (Å²) in [5, 5.41) is 9.06. The highest BCUT2D eigenvalue weighted by Gasteiger charge is 2.38. The Morgan fingerprint density at radius 2 is 1.53 bits per heavy atom. The van der Waals surface area contributed by atoms with Gasteiger partial charge in [0.15, 0.2) is 0 Å². The molecule has 0 spiro atoms. The summed E-state index contributed by atoms with van der Waals surface area (Å²) in [7, 11) is 0. The van der Waals surface area contributed by atoms with Gasteiger partial charge in [0.25, 0.3) is 5.91 Å². The maximum Gasteiger partial charge on any atom is 0.326 e. The van der Waals surface area contributed by atoms with Crippen molar-refractivity contribution in [2.24, 2.45) is 5.92 Å². The van der Waals surface area contributed by atoms with E-state index in [9.17, 15) is 14.4 Å². The van der Waals surface area contributed by atoms with Crippen molar-refractivity contribution in [3.63, 3.8) is 0 Å². The van der Waals surface area contributed by atoms with Gasteiger partial charge in [0.05, 0.1) is 0 Å². The lowest BCUT2D eigenvalue weighted by Crippen LogP contribution is -2.45. The molecule has 1 N–H and O–H groups in total. The SMILES string of the molecule is O=C(C(=O)N1CCC[C@H]1C(=O)O)C1CCCCCC1. The zero-order chi connectivity index (χ0) is 13.8. The number of ketones is 1. The first-order chi connectivity index (χ1) is 9.11. The molecular weight excluding hydrogens is 246 g/mol. The van der Waals surface area contributed by atoms with E-state index in [2.05, 4.69) is 0 Å². The normalized spacial score (nSPS) is 25.1. The second-order valence-corrected chi connectivity index (χ2v) is 5.55. The van der Waals surface area contributed by atoms with Crippen molar-refractivity contribution < 1.29 is 19.5 Å². The number of aliphatic carboxylic acids is 1. The number of carbonyl (C=O) groups is 3. The number of nitrogens with zero attached hydrogens (tertiary/aromatic N) is 1. The molecule has 5 nitrogen and oxygen atoms in total. The molecule has 2 fully saturated rings. The number of Topliss-reactive ketones (excluding diaryl/α,β-unsaturated/α-hetero) is 1. The van der Waals surface area contributed by atoms with Crippen LogP contribution in [-0.4, -0.2) is 40.3 Å². The van der Waals surface area contributed by atoms with Crippen molar-refractivity contribution in [1.82, 2.24) is 4.90 Å². The van der Waals surface area contributed by atoms with Gasteiger partial charge in [0.2, 0.25) is 5.78 Å². The molecule has 19 heavy (non-hydrogen) atoms. The summed E-state index contributed by atoms with van der Waals surface area (Å²) in [6, 6.07) is -0.803. The summed E-state index contributed by atoms with van der Waals surface area (Å²) in [6.07, 6.45) is 6.91. The maximum atomic E-state index is 12.2. The molecule has 1 saturated heterocycles. The van der Waals surface area contributed by atoms with E-state index < -0.39 is 17.9 Å². The topological polar surface area (TPSA) is 74.7 Å². The molecule has 1 heterocycles. The lowest BCUT2D eigenvalue weighted by molar-refractivity contribution is -0.153. The molecule has 1 aliphatic carbocycles. The van der Waals surface area contributed by atoms with Gasteiger partial charge in [-0.3, -0.25) is 9.59 Å². The Kier molecular flexibility index (Phi) is 4.56. The standard InChI is InChI=1S/C14H21NO4/c16-12(10-6-3-1-2-4-7-10)13(17)15-9-5-8-11(15)14(18)19/h10-11H,1-9H2,(H,18,19)/t11-/m0/s1. The molecule has 1 amide bonds. The lowest BCUT2D eigenvalue weighted by Gasteiger charge is -2.22. The highest BCUT2D eigenvalue weighted by molar-refractivity contribution is 6.37. The van der Waals surface area contributed by atoms with Gasteiger partial charge in [-0.05, 0) is 25.7 Å². The number of hydrogen-bond donors (Lipinski definition) is 1. The van der Waals surface area contributed by atoms with Gasteiger partial charge in [0.1, 0.15) is 6.04 Å². The minimum atomic E-state index is -1.00. The largest absolute Gasteiger partial charge is 0.480 e. The quantitative estimate of drug-likeness (QED) is 0.622. The summed E-state index contributed by atoms with van der Waals surface area (Å²) < 4.78 is 0. The number of hydrogen-bond acceptors (Lipinski definition) is 3. The van der Waals surface area contributed by atoms with E-state index in [0.29, 0.717) is 19.4 Å². The molecule has 1 aliphatic heterocycles. The minimum Gasteiger partial charge on any atom is -0.480 e.